The van der Waals surface area contributed by atoms with E-state index >= 15 is 0 Å². The molecule has 2 rings (SSSR count). The average Bonchev–Trinajstić information content (AvgIpc) is 2.84. The Bertz CT molecular complexity index is 361. The van der Waals surface area contributed by atoms with Gasteiger partial charge in [0.15, 0.2) is 5.82 Å². The van der Waals surface area contributed by atoms with Gasteiger partial charge in [0, 0.05) is 33.1 Å². The van der Waals surface area contributed by atoms with Crippen LogP contribution in [0.5, 0.6) is 0 Å². The molecule has 5 heteroatoms. The number of Topliss-reactive ketones (excluding diaryl/α,β-unsaturated/α-hetero) is 1. The van der Waals surface area contributed by atoms with Crippen molar-refractivity contribution in [3.63, 3.8) is 0 Å². The lowest BCUT2D eigenvalue weighted by Gasteiger charge is -2.08. The van der Waals surface area contributed by atoms with E-state index in [2.05, 4.69) is 10.3 Å². The number of rotatable bonds is 3. The van der Waals surface area contributed by atoms with Crippen LogP contribution in [-0.4, -0.2) is 41.1 Å². The predicted octanol–water partition coefficient (Wildman–Crippen LogP) is -0.0203. The second-order valence-electron chi connectivity index (χ2n) is 3.78. The molecule has 15 heavy (non-hydrogen) atoms. The Morgan fingerprint density at radius 3 is 3.07 bits per heavy atom. The Morgan fingerprint density at radius 2 is 2.53 bits per heavy atom. The predicted molar refractivity (Wildman–Crippen MR) is 54.7 cm³/mol. The van der Waals surface area contributed by atoms with E-state index in [0.717, 1.165) is 13.0 Å². The van der Waals surface area contributed by atoms with Crippen LogP contribution >= 0.6 is 0 Å². The lowest BCUT2D eigenvalue weighted by Crippen LogP contribution is -2.32. The summed E-state index contributed by atoms with van der Waals surface area (Å²) in [6.45, 7) is 0.733. The van der Waals surface area contributed by atoms with E-state index in [9.17, 15) is 4.79 Å². The van der Waals surface area contributed by atoms with Gasteiger partial charge in [0.2, 0.25) is 5.78 Å². The number of carbonyl (C=O) groups excluding carboxylic acids is 1. The van der Waals surface area contributed by atoms with Crippen LogP contribution in [0.2, 0.25) is 0 Å². The van der Waals surface area contributed by atoms with E-state index in [1.165, 1.54) is 0 Å². The summed E-state index contributed by atoms with van der Waals surface area (Å²) in [4.78, 5) is 16.0. The van der Waals surface area contributed by atoms with Crippen molar-refractivity contribution in [2.24, 2.45) is 7.05 Å². The van der Waals surface area contributed by atoms with Crippen LogP contribution in [0.4, 0.5) is 0 Å². The molecule has 5 nitrogen and oxygen atoms in total. The Balaban J connectivity index is 2.07. The average molecular weight is 209 g/mol. The summed E-state index contributed by atoms with van der Waals surface area (Å²) >= 11 is 0. The SMILES string of the molecule is COC1CNC(C(=O)c2nccn2C)C1. The molecule has 0 aliphatic carbocycles. The smallest absolute Gasteiger partial charge is 0.215 e. The van der Waals surface area contributed by atoms with Gasteiger partial charge in [0.1, 0.15) is 0 Å². The molecule has 1 N–H and O–H groups in total. The summed E-state index contributed by atoms with van der Waals surface area (Å²) < 4.78 is 6.94. The molecule has 2 heterocycles. The number of nitrogens with one attached hydrogen (secondary N) is 1. The summed E-state index contributed by atoms with van der Waals surface area (Å²) in [7, 11) is 3.49. The van der Waals surface area contributed by atoms with Crippen LogP contribution in [0.1, 0.15) is 17.0 Å². The fourth-order valence-electron chi connectivity index (χ4n) is 1.84. The summed E-state index contributed by atoms with van der Waals surface area (Å²) in [5.41, 5.74) is 0. The van der Waals surface area contributed by atoms with E-state index in [-0.39, 0.29) is 17.9 Å². The number of carbonyl (C=O) groups is 1. The molecular formula is C10H15N3O2. The maximum atomic E-state index is 12.0. The van der Waals surface area contributed by atoms with Gasteiger partial charge in [-0.1, -0.05) is 0 Å². The molecule has 0 saturated carbocycles. The molecule has 1 aromatic heterocycles. The van der Waals surface area contributed by atoms with Gasteiger partial charge in [-0.15, -0.1) is 0 Å². The highest BCUT2D eigenvalue weighted by Gasteiger charge is 2.31. The molecule has 1 fully saturated rings. The van der Waals surface area contributed by atoms with Crippen LogP contribution in [0.15, 0.2) is 12.4 Å². The van der Waals surface area contributed by atoms with Gasteiger partial charge in [-0.25, -0.2) is 4.98 Å². The largest absolute Gasteiger partial charge is 0.380 e. The lowest BCUT2D eigenvalue weighted by atomic mass is 10.1. The van der Waals surface area contributed by atoms with Crippen molar-refractivity contribution >= 4 is 5.78 Å². The first kappa shape index (κ1) is 10.3. The number of aromatic nitrogens is 2. The fourth-order valence-corrected chi connectivity index (χ4v) is 1.84. The summed E-state index contributed by atoms with van der Waals surface area (Å²) in [6, 6.07) is -0.156. The first-order valence-corrected chi connectivity index (χ1v) is 5.00. The van der Waals surface area contributed by atoms with E-state index in [4.69, 9.17) is 4.74 Å². The molecule has 0 radical (unpaired) electrons. The second-order valence-corrected chi connectivity index (χ2v) is 3.78. The highest BCUT2D eigenvalue weighted by atomic mass is 16.5. The van der Waals surface area contributed by atoms with Gasteiger partial charge in [0.25, 0.3) is 0 Å². The van der Waals surface area contributed by atoms with Crippen LogP contribution in [-0.2, 0) is 11.8 Å². The number of imidazole rings is 1. The van der Waals surface area contributed by atoms with Crippen LogP contribution < -0.4 is 5.32 Å². The quantitative estimate of drug-likeness (QED) is 0.711. The third-order valence-corrected chi connectivity index (χ3v) is 2.78. The van der Waals surface area contributed by atoms with Gasteiger partial charge in [-0.3, -0.25) is 4.79 Å². The molecule has 1 aliphatic heterocycles. The minimum atomic E-state index is -0.156. The molecule has 82 valence electrons. The third-order valence-electron chi connectivity index (χ3n) is 2.78. The standard InChI is InChI=1S/C10H15N3O2/c1-13-4-3-11-10(13)9(14)8-5-7(15-2)6-12-8/h3-4,7-8,12H,5-6H2,1-2H3. The first-order valence-electron chi connectivity index (χ1n) is 5.00. The van der Waals surface area contributed by atoms with E-state index in [1.807, 2.05) is 7.05 Å². The molecule has 0 aromatic carbocycles. The third kappa shape index (κ3) is 1.93. The summed E-state index contributed by atoms with van der Waals surface area (Å²) in [5, 5.41) is 3.14. The van der Waals surface area contributed by atoms with Gasteiger partial charge in [-0.05, 0) is 6.42 Å². The minimum Gasteiger partial charge on any atom is -0.380 e. The number of hydrogen-bond donors (Lipinski definition) is 1. The number of hydrogen-bond acceptors (Lipinski definition) is 4. The Morgan fingerprint density at radius 1 is 1.73 bits per heavy atom. The molecule has 1 aromatic rings. The van der Waals surface area contributed by atoms with E-state index < -0.39 is 0 Å². The van der Waals surface area contributed by atoms with Crippen molar-refractivity contribution in [3.8, 4) is 0 Å². The Kier molecular flexibility index (Phi) is 2.83. The minimum absolute atomic E-state index is 0.0436. The lowest BCUT2D eigenvalue weighted by molar-refractivity contribution is 0.0906. The van der Waals surface area contributed by atoms with Gasteiger partial charge >= 0.3 is 0 Å². The van der Waals surface area contributed by atoms with E-state index in [1.54, 1.807) is 24.1 Å². The number of aryl methyl sites for hydroxylation is 1. The Hall–Kier alpha value is -1.20. The zero-order valence-corrected chi connectivity index (χ0v) is 8.93. The van der Waals surface area contributed by atoms with Gasteiger partial charge in [0.05, 0.1) is 12.1 Å². The monoisotopic (exact) mass is 209 g/mol. The van der Waals surface area contributed by atoms with Crippen molar-refractivity contribution < 1.29 is 9.53 Å². The van der Waals surface area contributed by atoms with Crippen molar-refractivity contribution in [1.29, 1.82) is 0 Å². The fraction of sp³-hybridized carbons (Fsp3) is 0.600. The summed E-state index contributed by atoms with van der Waals surface area (Å²) in [5.74, 6) is 0.548. The molecule has 0 spiro atoms. The zero-order chi connectivity index (χ0) is 10.8. The summed E-state index contributed by atoms with van der Waals surface area (Å²) in [6.07, 6.45) is 4.27. The molecule has 0 amide bonds. The number of ether oxygens (including phenoxy) is 1. The molecule has 1 saturated heterocycles. The van der Waals surface area contributed by atoms with Gasteiger partial charge in [-0.2, -0.15) is 0 Å². The van der Waals surface area contributed by atoms with Crippen molar-refractivity contribution in [2.45, 2.75) is 18.6 Å². The molecule has 1 aliphatic rings. The molecule has 2 unspecified atom stereocenters. The molecular weight excluding hydrogens is 194 g/mol. The highest BCUT2D eigenvalue weighted by molar-refractivity contribution is 5.97. The zero-order valence-electron chi connectivity index (χ0n) is 8.93. The normalized spacial score (nSPS) is 25.7. The molecule has 2 atom stereocenters. The van der Waals surface area contributed by atoms with Crippen molar-refractivity contribution in [2.75, 3.05) is 13.7 Å². The second kappa shape index (κ2) is 4.12. The topological polar surface area (TPSA) is 56.1 Å². The maximum Gasteiger partial charge on any atom is 0.215 e. The van der Waals surface area contributed by atoms with Crippen LogP contribution in [0.3, 0.4) is 0 Å². The van der Waals surface area contributed by atoms with Gasteiger partial charge < -0.3 is 14.6 Å². The maximum absolute atomic E-state index is 12.0. The Labute approximate surface area is 88.4 Å². The van der Waals surface area contributed by atoms with E-state index in [0.29, 0.717) is 5.82 Å². The molecule has 0 bridgehead atoms. The van der Waals surface area contributed by atoms with Crippen LogP contribution in [0.25, 0.3) is 0 Å². The number of ketones is 1. The van der Waals surface area contributed by atoms with Crippen molar-refractivity contribution in [1.82, 2.24) is 14.9 Å². The number of methoxy groups -OCH3 is 1. The van der Waals surface area contributed by atoms with Crippen molar-refractivity contribution in [3.05, 3.63) is 18.2 Å². The number of nitrogens with zero attached hydrogens (tertiary/aromatic N) is 2. The van der Waals surface area contributed by atoms with Crippen LogP contribution in [0, 0.1) is 0 Å². The highest BCUT2D eigenvalue weighted by Crippen LogP contribution is 2.13. The first-order chi connectivity index (χ1) is 7.22.